The molecule has 0 heterocycles. The summed E-state index contributed by atoms with van der Waals surface area (Å²) < 4.78 is 0. The van der Waals surface area contributed by atoms with Gasteiger partial charge in [0.1, 0.15) is 0 Å². The number of aliphatic hydroxyl groups is 1. The number of likely N-dealkylation sites (N-methyl/N-ethyl adjacent to an activating group) is 1. The summed E-state index contributed by atoms with van der Waals surface area (Å²) in [5.74, 6) is -0.113. The fourth-order valence-electron chi connectivity index (χ4n) is 1.66. The van der Waals surface area contributed by atoms with Crippen LogP contribution in [0.5, 0.6) is 0 Å². The molecule has 0 spiro atoms. The fraction of sp³-hybridized carbons (Fsp3) is 0.400. The average molecular weight is 262 g/mol. The Hall–Kier alpha value is -1.81. The maximum absolute atomic E-state index is 11.7. The Morgan fingerprint density at radius 3 is 2.32 bits per heavy atom. The molecule has 1 atom stereocenters. The molecule has 19 heavy (non-hydrogen) atoms. The molecule has 0 saturated carbocycles. The fourth-order valence-corrected chi connectivity index (χ4v) is 1.66. The molecule has 1 aromatic rings. The van der Waals surface area contributed by atoms with E-state index in [1.165, 1.54) is 11.0 Å². The second kappa shape index (κ2) is 6.95. The minimum absolute atomic E-state index is 0.113. The van der Waals surface area contributed by atoms with Crippen molar-refractivity contribution >= 4 is 17.7 Å². The van der Waals surface area contributed by atoms with Crippen molar-refractivity contribution in [2.24, 2.45) is 0 Å². The monoisotopic (exact) mass is 262 g/mol. The van der Waals surface area contributed by atoms with Crippen molar-refractivity contribution in [2.75, 3.05) is 32.6 Å². The van der Waals surface area contributed by atoms with E-state index < -0.39 is 6.10 Å². The summed E-state index contributed by atoms with van der Waals surface area (Å²) in [6, 6.07) is 7.94. The highest BCUT2D eigenvalue weighted by atomic mass is 16.3. The number of hydrogen-bond donors (Lipinski definition) is 1. The van der Waals surface area contributed by atoms with Crippen molar-refractivity contribution in [2.45, 2.75) is 13.0 Å². The van der Waals surface area contributed by atoms with Gasteiger partial charge in [-0.05, 0) is 30.7 Å². The maximum Gasteiger partial charge on any atom is 0.246 e. The van der Waals surface area contributed by atoms with Crippen LogP contribution in [0.4, 0.5) is 5.69 Å². The van der Waals surface area contributed by atoms with Crippen LogP contribution in [0.1, 0.15) is 12.5 Å². The van der Waals surface area contributed by atoms with E-state index in [1.807, 2.05) is 43.3 Å². The van der Waals surface area contributed by atoms with Crippen LogP contribution in [-0.4, -0.2) is 49.7 Å². The van der Waals surface area contributed by atoms with Gasteiger partial charge < -0.3 is 14.9 Å². The molecule has 1 amide bonds. The standard InChI is InChI=1S/C15H22N2O2/c1-12(18)11-17(4)15(19)10-7-13-5-8-14(9-6-13)16(2)3/h5-10,12,18H,11H2,1-4H3. The molecule has 0 aliphatic heterocycles. The molecule has 1 unspecified atom stereocenters. The van der Waals surface area contributed by atoms with Crippen molar-refractivity contribution in [1.29, 1.82) is 0 Å². The van der Waals surface area contributed by atoms with E-state index in [2.05, 4.69) is 0 Å². The van der Waals surface area contributed by atoms with Crippen molar-refractivity contribution in [3.63, 3.8) is 0 Å². The lowest BCUT2D eigenvalue weighted by atomic mass is 10.2. The lowest BCUT2D eigenvalue weighted by Gasteiger charge is -2.16. The first-order valence-corrected chi connectivity index (χ1v) is 6.29. The van der Waals surface area contributed by atoms with Crippen LogP contribution in [-0.2, 0) is 4.79 Å². The molecular formula is C15H22N2O2. The van der Waals surface area contributed by atoms with Gasteiger partial charge in [0.15, 0.2) is 0 Å². The van der Waals surface area contributed by atoms with E-state index in [-0.39, 0.29) is 5.91 Å². The highest BCUT2D eigenvalue weighted by molar-refractivity contribution is 5.91. The predicted molar refractivity (Wildman–Crippen MR) is 79.1 cm³/mol. The van der Waals surface area contributed by atoms with Gasteiger partial charge in [0.2, 0.25) is 5.91 Å². The minimum Gasteiger partial charge on any atom is -0.392 e. The zero-order chi connectivity index (χ0) is 14.4. The largest absolute Gasteiger partial charge is 0.392 e. The topological polar surface area (TPSA) is 43.8 Å². The quantitative estimate of drug-likeness (QED) is 0.820. The van der Waals surface area contributed by atoms with Crippen molar-refractivity contribution in [3.8, 4) is 0 Å². The Morgan fingerprint density at radius 1 is 1.26 bits per heavy atom. The third-order valence-electron chi connectivity index (χ3n) is 2.74. The molecule has 0 aliphatic rings. The van der Waals surface area contributed by atoms with E-state index in [4.69, 9.17) is 0 Å². The lowest BCUT2D eigenvalue weighted by molar-refractivity contribution is -0.125. The van der Waals surface area contributed by atoms with Crippen LogP contribution in [0, 0.1) is 0 Å². The van der Waals surface area contributed by atoms with E-state index in [1.54, 1.807) is 20.0 Å². The SMILES string of the molecule is CC(O)CN(C)C(=O)C=Cc1ccc(N(C)C)cc1. The van der Waals surface area contributed by atoms with Crippen molar-refractivity contribution in [1.82, 2.24) is 4.90 Å². The second-order valence-electron chi connectivity index (χ2n) is 4.89. The Labute approximate surface area is 115 Å². The van der Waals surface area contributed by atoms with Gasteiger partial charge in [-0.15, -0.1) is 0 Å². The molecule has 104 valence electrons. The number of anilines is 1. The van der Waals surface area contributed by atoms with Crippen LogP contribution in [0.3, 0.4) is 0 Å². The Morgan fingerprint density at radius 2 is 1.84 bits per heavy atom. The first-order valence-electron chi connectivity index (χ1n) is 6.29. The van der Waals surface area contributed by atoms with Gasteiger partial charge in [-0.2, -0.15) is 0 Å². The molecule has 0 saturated heterocycles. The number of aliphatic hydroxyl groups excluding tert-OH is 1. The Kier molecular flexibility index (Phi) is 5.57. The Bertz CT molecular complexity index is 436. The van der Waals surface area contributed by atoms with Gasteiger partial charge in [0.05, 0.1) is 6.10 Å². The number of carbonyl (C=O) groups excluding carboxylic acids is 1. The first-order chi connectivity index (χ1) is 8.90. The summed E-state index contributed by atoms with van der Waals surface area (Å²) in [5, 5.41) is 9.22. The van der Waals surface area contributed by atoms with E-state index >= 15 is 0 Å². The first kappa shape index (κ1) is 15.2. The lowest BCUT2D eigenvalue weighted by Crippen LogP contribution is -2.31. The molecule has 0 aromatic heterocycles. The number of amides is 1. The molecular weight excluding hydrogens is 240 g/mol. The predicted octanol–water partition coefficient (Wildman–Crippen LogP) is 1.61. The zero-order valence-corrected chi connectivity index (χ0v) is 12.0. The summed E-state index contributed by atoms with van der Waals surface area (Å²) in [5.41, 5.74) is 2.10. The number of nitrogens with zero attached hydrogens (tertiary/aromatic N) is 2. The maximum atomic E-state index is 11.7. The van der Waals surface area contributed by atoms with Crippen LogP contribution in [0.15, 0.2) is 30.3 Å². The number of rotatable bonds is 5. The molecule has 1 rings (SSSR count). The second-order valence-corrected chi connectivity index (χ2v) is 4.89. The van der Waals surface area contributed by atoms with E-state index in [9.17, 15) is 9.90 Å². The minimum atomic E-state index is -0.512. The number of carbonyl (C=O) groups is 1. The van der Waals surface area contributed by atoms with Crippen LogP contribution < -0.4 is 4.90 Å². The van der Waals surface area contributed by atoms with Gasteiger partial charge in [0.25, 0.3) is 0 Å². The molecule has 0 radical (unpaired) electrons. The number of benzene rings is 1. The summed E-state index contributed by atoms with van der Waals surface area (Å²) in [6.45, 7) is 2.00. The smallest absolute Gasteiger partial charge is 0.246 e. The molecule has 4 heteroatoms. The van der Waals surface area contributed by atoms with Gasteiger partial charge in [-0.1, -0.05) is 12.1 Å². The normalized spacial score (nSPS) is 12.5. The van der Waals surface area contributed by atoms with Gasteiger partial charge in [-0.3, -0.25) is 4.79 Å². The van der Waals surface area contributed by atoms with E-state index in [0.29, 0.717) is 6.54 Å². The highest BCUT2D eigenvalue weighted by Crippen LogP contribution is 2.13. The van der Waals surface area contributed by atoms with Crippen molar-refractivity contribution < 1.29 is 9.90 Å². The molecule has 0 aliphatic carbocycles. The van der Waals surface area contributed by atoms with Crippen LogP contribution in [0.2, 0.25) is 0 Å². The van der Waals surface area contributed by atoms with Crippen molar-refractivity contribution in [3.05, 3.63) is 35.9 Å². The third kappa shape index (κ3) is 5.14. The zero-order valence-electron chi connectivity index (χ0n) is 12.0. The van der Waals surface area contributed by atoms with Gasteiger partial charge in [-0.25, -0.2) is 0 Å². The molecule has 1 N–H and O–H groups in total. The Balaban J connectivity index is 2.63. The van der Waals surface area contributed by atoms with Crippen LogP contribution in [0.25, 0.3) is 6.08 Å². The van der Waals surface area contributed by atoms with Gasteiger partial charge >= 0.3 is 0 Å². The van der Waals surface area contributed by atoms with Gasteiger partial charge in [0, 0.05) is 39.5 Å². The summed E-state index contributed by atoms with van der Waals surface area (Å²) in [7, 11) is 5.65. The molecule has 0 bridgehead atoms. The summed E-state index contributed by atoms with van der Waals surface area (Å²) >= 11 is 0. The van der Waals surface area contributed by atoms with E-state index in [0.717, 1.165) is 11.3 Å². The molecule has 1 aromatic carbocycles. The third-order valence-corrected chi connectivity index (χ3v) is 2.74. The summed E-state index contributed by atoms with van der Waals surface area (Å²) in [4.78, 5) is 15.3. The molecule has 0 fully saturated rings. The highest BCUT2D eigenvalue weighted by Gasteiger charge is 2.07. The average Bonchev–Trinajstić information content (AvgIpc) is 2.35. The number of hydrogen-bond acceptors (Lipinski definition) is 3. The summed E-state index contributed by atoms with van der Waals surface area (Å²) in [6.07, 6.45) is 2.79. The van der Waals surface area contributed by atoms with Crippen LogP contribution >= 0.6 is 0 Å². The molecule has 4 nitrogen and oxygen atoms in total.